The Balaban J connectivity index is 1.31. The zero-order valence-corrected chi connectivity index (χ0v) is 24.9. The van der Waals surface area contributed by atoms with Gasteiger partial charge in [-0.1, -0.05) is 54.9 Å². The second kappa shape index (κ2) is 10.7. The van der Waals surface area contributed by atoms with Crippen LogP contribution in [0.5, 0.6) is 0 Å². The fraction of sp³-hybridized carbons (Fsp3) is 0.719. The Kier molecular flexibility index (Phi) is 7.85. The molecule has 38 heavy (non-hydrogen) atoms. The largest absolute Gasteiger partial charge is 0.469 e. The Morgan fingerprint density at radius 1 is 1.08 bits per heavy atom. The van der Waals surface area contributed by atoms with Crippen molar-refractivity contribution in [1.82, 2.24) is 0 Å². The second-order valence-electron chi connectivity index (χ2n) is 13.1. The Labute approximate surface area is 235 Å². The summed E-state index contributed by atoms with van der Waals surface area (Å²) in [6.07, 6.45) is 8.33. The average molecular weight is 588 g/mol. The number of benzene rings is 1. The van der Waals surface area contributed by atoms with Gasteiger partial charge >= 0.3 is 11.9 Å². The van der Waals surface area contributed by atoms with Crippen molar-refractivity contribution in [2.75, 3.05) is 7.11 Å². The Bertz CT molecular complexity index is 1060. The van der Waals surface area contributed by atoms with Gasteiger partial charge in [0.05, 0.1) is 17.5 Å². The number of carbonyl (C=O) groups is 3. The van der Waals surface area contributed by atoms with Gasteiger partial charge in [-0.2, -0.15) is 0 Å². The molecule has 10 atom stereocenters. The van der Waals surface area contributed by atoms with E-state index < -0.39 is 0 Å². The highest BCUT2D eigenvalue weighted by Crippen LogP contribution is 2.68. The van der Waals surface area contributed by atoms with Gasteiger partial charge in [0.2, 0.25) is 0 Å². The number of methoxy groups -OCH3 is 1. The molecule has 0 aromatic heterocycles. The minimum absolute atomic E-state index is 0.0535. The highest BCUT2D eigenvalue weighted by Gasteiger charge is 2.67. The molecule has 0 bridgehead atoms. The van der Waals surface area contributed by atoms with Crippen molar-refractivity contribution in [2.45, 2.75) is 89.5 Å². The lowest BCUT2D eigenvalue weighted by atomic mass is 9.44. The van der Waals surface area contributed by atoms with Gasteiger partial charge in [-0.25, -0.2) is 4.79 Å². The number of rotatable bonds is 6. The molecule has 0 amide bonds. The normalized spacial score (nSPS) is 40.9. The molecule has 1 aromatic rings. The van der Waals surface area contributed by atoms with Crippen LogP contribution in [0.1, 0.15) is 88.9 Å². The zero-order chi connectivity index (χ0) is 27.2. The fourth-order valence-corrected chi connectivity index (χ4v) is 11.0. The van der Waals surface area contributed by atoms with Gasteiger partial charge in [-0.05, 0) is 104 Å². The maximum absolute atomic E-state index is 14.3. The first kappa shape index (κ1) is 27.9. The topological polar surface area (TPSA) is 69.7 Å². The summed E-state index contributed by atoms with van der Waals surface area (Å²) in [4.78, 5) is 38.6. The molecular weight excluding hydrogens is 544 g/mol. The number of alkyl halides is 1. The summed E-state index contributed by atoms with van der Waals surface area (Å²) in [6, 6.07) is 9.27. The number of hydrogen-bond acceptors (Lipinski definition) is 5. The standard InChI is InChI=1S/C32H43BrO5/c1-19(10-15-26(34)37-4)24-13-14-25-23-12-11-21-18-22(38-30(36)20-8-6-5-7-9-20)16-17-31(21,2)27(23)28(33)29(35)32(24,25)3/h5-9,19,21-25,27-28H,10-18H2,1-4H3/t19-,21-,22-,23+,24-,25+,27-,28+,31+,32-/m1/s1. The second-order valence-corrected chi connectivity index (χ2v) is 14.1. The molecule has 4 aliphatic carbocycles. The van der Waals surface area contributed by atoms with Crippen molar-refractivity contribution >= 4 is 33.7 Å². The van der Waals surface area contributed by atoms with E-state index in [9.17, 15) is 14.4 Å². The summed E-state index contributed by atoms with van der Waals surface area (Å²) in [5.41, 5.74) is 0.341. The van der Waals surface area contributed by atoms with E-state index >= 15 is 0 Å². The Morgan fingerprint density at radius 3 is 2.53 bits per heavy atom. The van der Waals surface area contributed by atoms with E-state index in [2.05, 4.69) is 36.7 Å². The van der Waals surface area contributed by atoms with Gasteiger partial charge in [0.25, 0.3) is 0 Å². The third-order valence-electron chi connectivity index (χ3n) is 11.5. The monoisotopic (exact) mass is 586 g/mol. The van der Waals surface area contributed by atoms with Crippen LogP contribution in [0.15, 0.2) is 30.3 Å². The Morgan fingerprint density at radius 2 is 1.82 bits per heavy atom. The minimum atomic E-state index is -0.337. The zero-order valence-electron chi connectivity index (χ0n) is 23.3. The van der Waals surface area contributed by atoms with Crippen molar-refractivity contribution in [3.8, 4) is 0 Å². The van der Waals surface area contributed by atoms with E-state index in [0.717, 1.165) is 51.4 Å². The summed E-state index contributed by atoms with van der Waals surface area (Å²) in [5.74, 6) is 2.33. The van der Waals surface area contributed by atoms with Crippen molar-refractivity contribution in [3.63, 3.8) is 0 Å². The van der Waals surface area contributed by atoms with Crippen LogP contribution in [-0.4, -0.2) is 35.8 Å². The summed E-state index contributed by atoms with van der Waals surface area (Å²) in [7, 11) is 1.44. The lowest BCUT2D eigenvalue weighted by Crippen LogP contribution is -2.62. The lowest BCUT2D eigenvalue weighted by molar-refractivity contribution is -0.158. The maximum Gasteiger partial charge on any atom is 0.338 e. The molecule has 208 valence electrons. The van der Waals surface area contributed by atoms with Gasteiger partial charge in [-0.3, -0.25) is 9.59 Å². The molecule has 5 rings (SSSR count). The van der Waals surface area contributed by atoms with E-state index in [4.69, 9.17) is 9.47 Å². The molecule has 0 unspecified atom stereocenters. The smallest absolute Gasteiger partial charge is 0.338 e. The first-order chi connectivity index (χ1) is 18.1. The van der Waals surface area contributed by atoms with Crippen molar-refractivity contribution in [2.24, 2.45) is 46.3 Å². The number of hydrogen-bond donors (Lipinski definition) is 0. The highest BCUT2D eigenvalue weighted by molar-refractivity contribution is 9.10. The SMILES string of the molecule is COC(=O)CC[C@@H](C)[C@H]1CC[C@H]2[C@@H]3CC[C@@H]4C[C@H](OC(=O)c5ccccc5)CC[C@]4(C)[C@H]3[C@H](Br)C(=O)[C@]12C. The number of Topliss-reactive ketones (excluding diaryl/α,β-unsaturated/α-hetero) is 1. The fourth-order valence-electron chi connectivity index (χ4n) is 9.48. The van der Waals surface area contributed by atoms with Crippen LogP contribution in [-0.2, 0) is 19.1 Å². The van der Waals surface area contributed by atoms with Crippen LogP contribution in [0.2, 0.25) is 0 Å². The van der Waals surface area contributed by atoms with E-state index in [0.29, 0.717) is 53.3 Å². The highest BCUT2D eigenvalue weighted by atomic mass is 79.9. The summed E-state index contributed by atoms with van der Waals surface area (Å²) in [6.45, 7) is 6.88. The molecular formula is C32H43BrO5. The van der Waals surface area contributed by atoms with E-state index in [-0.39, 0.29) is 33.7 Å². The van der Waals surface area contributed by atoms with E-state index in [1.807, 2.05) is 30.3 Å². The molecule has 1 aromatic carbocycles. The van der Waals surface area contributed by atoms with Crippen LogP contribution >= 0.6 is 15.9 Å². The molecule has 4 fully saturated rings. The molecule has 5 nitrogen and oxygen atoms in total. The van der Waals surface area contributed by atoms with E-state index in [1.54, 1.807) is 0 Å². The molecule has 6 heteroatoms. The number of ketones is 1. The van der Waals surface area contributed by atoms with Crippen LogP contribution in [0, 0.1) is 46.3 Å². The molecule has 4 saturated carbocycles. The average Bonchev–Trinajstić information content (AvgIpc) is 3.28. The molecule has 0 radical (unpaired) electrons. The van der Waals surface area contributed by atoms with Crippen molar-refractivity contribution < 1.29 is 23.9 Å². The number of carbonyl (C=O) groups excluding carboxylic acids is 3. The lowest BCUT2D eigenvalue weighted by Gasteiger charge is -2.62. The van der Waals surface area contributed by atoms with Crippen LogP contribution in [0.25, 0.3) is 0 Å². The summed E-state index contributed by atoms with van der Waals surface area (Å²) in [5, 5.41) is 0. The van der Waals surface area contributed by atoms with Crippen LogP contribution in [0.3, 0.4) is 0 Å². The van der Waals surface area contributed by atoms with Crippen LogP contribution in [0.4, 0.5) is 0 Å². The molecule has 0 spiro atoms. The van der Waals surface area contributed by atoms with Gasteiger partial charge in [0.1, 0.15) is 6.10 Å². The maximum atomic E-state index is 14.3. The number of esters is 2. The first-order valence-corrected chi connectivity index (χ1v) is 15.5. The summed E-state index contributed by atoms with van der Waals surface area (Å²) < 4.78 is 10.9. The third kappa shape index (κ3) is 4.57. The predicted molar refractivity (Wildman–Crippen MR) is 150 cm³/mol. The van der Waals surface area contributed by atoms with Crippen molar-refractivity contribution in [1.29, 1.82) is 0 Å². The van der Waals surface area contributed by atoms with Gasteiger partial charge < -0.3 is 9.47 Å². The number of fused-ring (bicyclic) bond motifs is 5. The molecule has 0 N–H and O–H groups in total. The third-order valence-corrected chi connectivity index (χ3v) is 12.5. The number of ether oxygens (including phenoxy) is 2. The summed E-state index contributed by atoms with van der Waals surface area (Å²) >= 11 is 3.99. The van der Waals surface area contributed by atoms with E-state index in [1.165, 1.54) is 7.11 Å². The first-order valence-electron chi connectivity index (χ1n) is 14.6. The van der Waals surface area contributed by atoms with Crippen LogP contribution < -0.4 is 0 Å². The molecule has 4 aliphatic rings. The van der Waals surface area contributed by atoms with Gasteiger partial charge in [0, 0.05) is 11.8 Å². The van der Waals surface area contributed by atoms with Gasteiger partial charge in [-0.15, -0.1) is 0 Å². The van der Waals surface area contributed by atoms with Gasteiger partial charge in [0.15, 0.2) is 5.78 Å². The van der Waals surface area contributed by atoms with Crippen molar-refractivity contribution in [3.05, 3.63) is 35.9 Å². The predicted octanol–water partition coefficient (Wildman–Crippen LogP) is 7.01. The molecule has 0 heterocycles. The molecule has 0 aliphatic heterocycles. The molecule has 0 saturated heterocycles. The minimum Gasteiger partial charge on any atom is -0.469 e. The Hall–Kier alpha value is -1.69. The quantitative estimate of drug-likeness (QED) is 0.265. The number of halogens is 1.